The van der Waals surface area contributed by atoms with E-state index in [4.69, 9.17) is 4.74 Å². The summed E-state index contributed by atoms with van der Waals surface area (Å²) in [7, 11) is -1.89. The van der Waals surface area contributed by atoms with Gasteiger partial charge >= 0.3 is 0 Å². The van der Waals surface area contributed by atoms with Crippen LogP contribution in [0.15, 0.2) is 17.0 Å². The highest BCUT2D eigenvalue weighted by molar-refractivity contribution is 7.89. The van der Waals surface area contributed by atoms with Crippen molar-refractivity contribution in [3.63, 3.8) is 0 Å². The number of methoxy groups -OCH3 is 1. The molecular weight excluding hydrogens is 348 g/mol. The van der Waals surface area contributed by atoms with Gasteiger partial charge in [-0.1, -0.05) is 20.8 Å². The second-order valence-electron chi connectivity index (χ2n) is 7.81. The normalized spacial score (nSPS) is 19.1. The van der Waals surface area contributed by atoms with E-state index in [1.807, 2.05) is 26.8 Å². The molecule has 26 heavy (non-hydrogen) atoms. The predicted molar refractivity (Wildman–Crippen MR) is 106 cm³/mol. The first-order valence-electron chi connectivity index (χ1n) is 9.65. The molecule has 1 heterocycles. The SMILES string of the molecule is COc1cc(C)c(S(=O)(=O)NCCCN2CCC[C@H](C)C2)cc1C(C)C. The van der Waals surface area contributed by atoms with Gasteiger partial charge in [0, 0.05) is 13.1 Å². The number of hydrogen-bond acceptors (Lipinski definition) is 4. The van der Waals surface area contributed by atoms with E-state index in [1.165, 1.54) is 12.8 Å². The molecule has 1 fully saturated rings. The second kappa shape index (κ2) is 9.20. The molecule has 6 heteroatoms. The predicted octanol–water partition coefficient (Wildman–Crippen LogP) is 3.53. The maximum absolute atomic E-state index is 12.8. The Hall–Kier alpha value is -1.11. The van der Waals surface area contributed by atoms with E-state index in [2.05, 4.69) is 16.5 Å². The number of nitrogens with one attached hydrogen (secondary N) is 1. The third kappa shape index (κ3) is 5.44. The van der Waals surface area contributed by atoms with Gasteiger partial charge in [-0.25, -0.2) is 13.1 Å². The molecule has 0 bridgehead atoms. The van der Waals surface area contributed by atoms with Crippen LogP contribution in [0.4, 0.5) is 0 Å². The van der Waals surface area contributed by atoms with Crippen LogP contribution in [-0.4, -0.2) is 46.6 Å². The molecule has 0 aromatic heterocycles. The molecule has 0 saturated carbocycles. The Bertz CT molecular complexity index is 701. The number of rotatable bonds is 8. The molecule has 1 aliphatic rings. The molecule has 0 aliphatic carbocycles. The Morgan fingerprint density at radius 1 is 1.35 bits per heavy atom. The minimum atomic E-state index is -3.51. The lowest BCUT2D eigenvalue weighted by atomic mass is 10.0. The van der Waals surface area contributed by atoms with Crippen molar-refractivity contribution in [3.05, 3.63) is 23.3 Å². The van der Waals surface area contributed by atoms with Crippen LogP contribution in [0, 0.1) is 12.8 Å². The Morgan fingerprint density at radius 2 is 2.08 bits per heavy atom. The summed E-state index contributed by atoms with van der Waals surface area (Å²) in [4.78, 5) is 2.80. The minimum Gasteiger partial charge on any atom is -0.496 e. The molecule has 5 nitrogen and oxygen atoms in total. The van der Waals surface area contributed by atoms with Crippen molar-refractivity contribution >= 4 is 10.0 Å². The summed E-state index contributed by atoms with van der Waals surface area (Å²) in [5.74, 6) is 1.69. The highest BCUT2D eigenvalue weighted by atomic mass is 32.2. The number of benzene rings is 1. The molecule has 2 rings (SSSR count). The smallest absolute Gasteiger partial charge is 0.240 e. The van der Waals surface area contributed by atoms with Gasteiger partial charge < -0.3 is 9.64 Å². The number of sulfonamides is 1. The van der Waals surface area contributed by atoms with E-state index < -0.39 is 10.0 Å². The summed E-state index contributed by atoms with van der Waals surface area (Å²) >= 11 is 0. The standard InChI is InChI=1S/C20H34N2O3S/c1-15(2)18-13-20(17(4)12-19(18)25-5)26(23,24)21-9-7-11-22-10-6-8-16(3)14-22/h12-13,15-16,21H,6-11,14H2,1-5H3/t16-/m0/s1. The number of piperidine rings is 1. The van der Waals surface area contributed by atoms with Gasteiger partial charge in [0.2, 0.25) is 10.0 Å². The van der Waals surface area contributed by atoms with E-state index in [0.717, 1.165) is 43.3 Å². The largest absolute Gasteiger partial charge is 0.496 e. The molecule has 0 unspecified atom stereocenters. The first-order chi connectivity index (χ1) is 12.2. The maximum atomic E-state index is 12.8. The van der Waals surface area contributed by atoms with E-state index >= 15 is 0 Å². The molecule has 1 aromatic rings. The van der Waals surface area contributed by atoms with Gasteiger partial charge in [-0.2, -0.15) is 0 Å². The van der Waals surface area contributed by atoms with Crippen LogP contribution in [-0.2, 0) is 10.0 Å². The molecule has 1 aliphatic heterocycles. The van der Waals surface area contributed by atoms with Crippen LogP contribution in [0.2, 0.25) is 0 Å². The van der Waals surface area contributed by atoms with Crippen molar-refractivity contribution < 1.29 is 13.2 Å². The van der Waals surface area contributed by atoms with Gasteiger partial charge in [0.25, 0.3) is 0 Å². The van der Waals surface area contributed by atoms with Crippen molar-refractivity contribution in [2.75, 3.05) is 33.3 Å². The van der Waals surface area contributed by atoms with Crippen LogP contribution in [0.3, 0.4) is 0 Å². The summed E-state index contributed by atoms with van der Waals surface area (Å²) in [6.45, 7) is 11.9. The number of aryl methyl sites for hydroxylation is 1. The zero-order valence-electron chi connectivity index (χ0n) is 16.8. The first kappa shape index (κ1) is 21.2. The summed E-state index contributed by atoms with van der Waals surface area (Å²) in [5, 5.41) is 0. The molecule has 0 amide bonds. The van der Waals surface area contributed by atoms with Gasteiger partial charge in [0.1, 0.15) is 5.75 Å². The van der Waals surface area contributed by atoms with E-state index in [-0.39, 0.29) is 5.92 Å². The van der Waals surface area contributed by atoms with Crippen LogP contribution in [0.1, 0.15) is 57.1 Å². The molecule has 0 radical (unpaired) electrons. The zero-order valence-corrected chi connectivity index (χ0v) is 17.7. The molecular formula is C20H34N2O3S. The van der Waals surface area contributed by atoms with Crippen molar-refractivity contribution in [2.24, 2.45) is 5.92 Å². The summed E-state index contributed by atoms with van der Waals surface area (Å²) in [5.41, 5.74) is 1.63. The van der Waals surface area contributed by atoms with Gasteiger partial charge in [-0.15, -0.1) is 0 Å². The van der Waals surface area contributed by atoms with Gasteiger partial charge in [-0.3, -0.25) is 0 Å². The minimum absolute atomic E-state index is 0.195. The monoisotopic (exact) mass is 382 g/mol. The Morgan fingerprint density at radius 3 is 2.69 bits per heavy atom. The van der Waals surface area contributed by atoms with Crippen LogP contribution in [0.5, 0.6) is 5.75 Å². The maximum Gasteiger partial charge on any atom is 0.240 e. The van der Waals surface area contributed by atoms with Crippen molar-refractivity contribution in [3.8, 4) is 5.75 Å². The van der Waals surface area contributed by atoms with Crippen LogP contribution < -0.4 is 9.46 Å². The van der Waals surface area contributed by atoms with E-state index in [1.54, 1.807) is 13.2 Å². The fourth-order valence-electron chi connectivity index (χ4n) is 3.67. The summed E-state index contributed by atoms with van der Waals surface area (Å²) < 4.78 is 33.7. The fraction of sp³-hybridized carbons (Fsp3) is 0.700. The Balaban J connectivity index is 2.00. The average molecular weight is 383 g/mol. The Labute approximate surface area is 159 Å². The highest BCUT2D eigenvalue weighted by Crippen LogP contribution is 2.31. The number of nitrogens with zero attached hydrogens (tertiary/aromatic N) is 1. The number of hydrogen-bond donors (Lipinski definition) is 1. The third-order valence-corrected chi connectivity index (χ3v) is 6.73. The third-order valence-electron chi connectivity index (χ3n) is 5.12. The number of ether oxygens (including phenoxy) is 1. The Kier molecular flexibility index (Phi) is 7.50. The fourth-order valence-corrected chi connectivity index (χ4v) is 5.01. The van der Waals surface area contributed by atoms with Crippen LogP contribution in [0.25, 0.3) is 0 Å². The second-order valence-corrected chi connectivity index (χ2v) is 9.55. The highest BCUT2D eigenvalue weighted by Gasteiger charge is 2.21. The topological polar surface area (TPSA) is 58.6 Å². The molecule has 1 aromatic carbocycles. The zero-order chi connectivity index (χ0) is 19.3. The van der Waals surface area contributed by atoms with E-state index in [0.29, 0.717) is 17.0 Å². The van der Waals surface area contributed by atoms with E-state index in [9.17, 15) is 8.42 Å². The first-order valence-corrected chi connectivity index (χ1v) is 11.1. The average Bonchev–Trinajstić information content (AvgIpc) is 2.58. The molecule has 1 saturated heterocycles. The van der Waals surface area contributed by atoms with Crippen molar-refractivity contribution in [2.45, 2.75) is 57.8 Å². The van der Waals surface area contributed by atoms with Gasteiger partial charge in [0.05, 0.1) is 12.0 Å². The van der Waals surface area contributed by atoms with Crippen molar-refractivity contribution in [1.82, 2.24) is 9.62 Å². The lowest BCUT2D eigenvalue weighted by molar-refractivity contribution is 0.182. The summed E-state index contributed by atoms with van der Waals surface area (Å²) in [6.07, 6.45) is 3.38. The quantitative estimate of drug-likeness (QED) is 0.699. The lowest BCUT2D eigenvalue weighted by Gasteiger charge is -2.30. The van der Waals surface area contributed by atoms with Crippen molar-refractivity contribution in [1.29, 1.82) is 0 Å². The molecule has 0 spiro atoms. The molecule has 148 valence electrons. The number of likely N-dealkylation sites (tertiary alicyclic amines) is 1. The van der Waals surface area contributed by atoms with Gasteiger partial charge in [0.15, 0.2) is 0 Å². The lowest BCUT2D eigenvalue weighted by Crippen LogP contribution is -2.36. The summed E-state index contributed by atoms with van der Waals surface area (Å²) in [6, 6.07) is 3.58. The molecule has 1 atom stereocenters. The molecule has 1 N–H and O–H groups in total. The van der Waals surface area contributed by atoms with Crippen LogP contribution >= 0.6 is 0 Å². The van der Waals surface area contributed by atoms with Gasteiger partial charge in [-0.05, 0) is 74.4 Å².